The maximum absolute atomic E-state index is 6.15. The summed E-state index contributed by atoms with van der Waals surface area (Å²) in [7, 11) is 0. The minimum Gasteiger partial charge on any atom is -0.326 e. The van der Waals surface area contributed by atoms with Gasteiger partial charge in [-0.15, -0.1) is 11.3 Å². The molecule has 15 heavy (non-hydrogen) atoms. The van der Waals surface area contributed by atoms with Crippen LogP contribution < -0.4 is 0 Å². The third-order valence-electron chi connectivity index (χ3n) is 2.81. The quantitative estimate of drug-likeness (QED) is 0.742. The lowest BCUT2D eigenvalue weighted by Crippen LogP contribution is -2.10. The van der Waals surface area contributed by atoms with Gasteiger partial charge in [0.05, 0.1) is 10.6 Å². The van der Waals surface area contributed by atoms with Gasteiger partial charge in [-0.25, -0.2) is 4.98 Å². The van der Waals surface area contributed by atoms with Crippen molar-refractivity contribution >= 4 is 22.9 Å². The van der Waals surface area contributed by atoms with Gasteiger partial charge < -0.3 is 4.57 Å². The highest BCUT2D eigenvalue weighted by Crippen LogP contribution is 2.31. The Morgan fingerprint density at radius 2 is 2.33 bits per heavy atom. The molecule has 0 fully saturated rings. The van der Waals surface area contributed by atoms with E-state index >= 15 is 0 Å². The van der Waals surface area contributed by atoms with Crippen LogP contribution in [-0.4, -0.2) is 9.55 Å². The van der Waals surface area contributed by atoms with Crippen LogP contribution in [0, 0.1) is 0 Å². The zero-order valence-electron chi connectivity index (χ0n) is 8.24. The SMILES string of the molecule is Clc1nc(-c2cccs2)n2c1CCCC2. The molecule has 0 atom stereocenters. The smallest absolute Gasteiger partial charge is 0.152 e. The minimum absolute atomic E-state index is 0.693. The molecular weight excluding hydrogens is 228 g/mol. The highest BCUT2D eigenvalue weighted by atomic mass is 35.5. The molecular formula is C11H11ClN2S. The second kappa shape index (κ2) is 3.65. The largest absolute Gasteiger partial charge is 0.326 e. The van der Waals surface area contributed by atoms with Crippen molar-refractivity contribution in [3.8, 4) is 10.7 Å². The lowest BCUT2D eigenvalue weighted by molar-refractivity contribution is 0.537. The summed E-state index contributed by atoms with van der Waals surface area (Å²) in [5.74, 6) is 1.05. The van der Waals surface area contributed by atoms with Crippen LogP contribution in [0.2, 0.25) is 5.15 Å². The maximum atomic E-state index is 6.15. The third-order valence-corrected chi connectivity index (χ3v) is 3.98. The van der Waals surface area contributed by atoms with E-state index in [1.54, 1.807) is 11.3 Å². The number of nitrogens with zero attached hydrogens (tertiary/aromatic N) is 2. The summed E-state index contributed by atoms with van der Waals surface area (Å²) in [6, 6.07) is 4.16. The Kier molecular flexibility index (Phi) is 2.29. The Labute approximate surface area is 97.5 Å². The third kappa shape index (κ3) is 1.50. The first-order valence-electron chi connectivity index (χ1n) is 5.15. The molecule has 4 heteroatoms. The average molecular weight is 239 g/mol. The first kappa shape index (κ1) is 9.43. The van der Waals surface area contributed by atoms with Crippen LogP contribution in [0.3, 0.4) is 0 Å². The molecule has 0 aliphatic carbocycles. The van der Waals surface area contributed by atoms with Crippen molar-refractivity contribution in [1.82, 2.24) is 9.55 Å². The van der Waals surface area contributed by atoms with Crippen molar-refractivity contribution in [2.75, 3.05) is 0 Å². The second-order valence-corrected chi connectivity index (χ2v) is 5.06. The van der Waals surface area contributed by atoms with E-state index < -0.39 is 0 Å². The van der Waals surface area contributed by atoms with Crippen LogP contribution >= 0.6 is 22.9 Å². The fraction of sp³-hybridized carbons (Fsp3) is 0.364. The van der Waals surface area contributed by atoms with E-state index in [4.69, 9.17) is 11.6 Å². The molecule has 3 heterocycles. The number of thiophene rings is 1. The molecule has 2 aromatic rings. The molecule has 2 nitrogen and oxygen atoms in total. The normalized spacial score (nSPS) is 15.3. The summed E-state index contributed by atoms with van der Waals surface area (Å²) >= 11 is 7.87. The Morgan fingerprint density at radius 3 is 3.13 bits per heavy atom. The minimum atomic E-state index is 0.693. The fourth-order valence-electron chi connectivity index (χ4n) is 2.09. The number of hydrogen-bond acceptors (Lipinski definition) is 2. The topological polar surface area (TPSA) is 17.8 Å². The predicted octanol–water partition coefficient (Wildman–Crippen LogP) is 3.60. The molecule has 1 aliphatic heterocycles. The van der Waals surface area contributed by atoms with Gasteiger partial charge >= 0.3 is 0 Å². The summed E-state index contributed by atoms with van der Waals surface area (Å²) in [4.78, 5) is 5.69. The van der Waals surface area contributed by atoms with E-state index in [1.807, 2.05) is 0 Å². The van der Waals surface area contributed by atoms with Crippen LogP contribution in [0.25, 0.3) is 10.7 Å². The Bertz CT molecular complexity index is 473. The molecule has 0 bridgehead atoms. The summed E-state index contributed by atoms with van der Waals surface area (Å²) in [6.45, 7) is 1.06. The molecule has 0 spiro atoms. The number of fused-ring (bicyclic) bond motifs is 1. The molecule has 78 valence electrons. The Balaban J connectivity index is 2.16. The van der Waals surface area contributed by atoms with Crippen molar-refractivity contribution in [3.63, 3.8) is 0 Å². The predicted molar refractivity (Wildman–Crippen MR) is 63.5 cm³/mol. The lowest BCUT2D eigenvalue weighted by atomic mass is 10.1. The van der Waals surface area contributed by atoms with Crippen LogP contribution in [0.15, 0.2) is 17.5 Å². The molecule has 1 aliphatic rings. The van der Waals surface area contributed by atoms with Crippen LogP contribution in [0.5, 0.6) is 0 Å². The molecule has 0 saturated heterocycles. The zero-order chi connectivity index (χ0) is 10.3. The van der Waals surface area contributed by atoms with Crippen LogP contribution in [0.4, 0.5) is 0 Å². The number of halogens is 1. The van der Waals surface area contributed by atoms with E-state index in [9.17, 15) is 0 Å². The van der Waals surface area contributed by atoms with Gasteiger partial charge in [0.1, 0.15) is 0 Å². The van der Waals surface area contributed by atoms with Gasteiger partial charge in [0.2, 0.25) is 0 Å². The van der Waals surface area contributed by atoms with Crippen molar-refractivity contribution < 1.29 is 0 Å². The number of hydrogen-bond donors (Lipinski definition) is 0. The number of imidazole rings is 1. The van der Waals surface area contributed by atoms with Crippen molar-refractivity contribution in [3.05, 3.63) is 28.4 Å². The van der Waals surface area contributed by atoms with E-state index in [0.29, 0.717) is 5.15 Å². The number of aromatic nitrogens is 2. The van der Waals surface area contributed by atoms with Gasteiger partial charge in [-0.2, -0.15) is 0 Å². The Morgan fingerprint density at radius 1 is 1.40 bits per heavy atom. The average Bonchev–Trinajstić information content (AvgIpc) is 2.87. The van der Waals surface area contributed by atoms with Gasteiger partial charge in [0, 0.05) is 6.54 Å². The summed E-state index contributed by atoms with van der Waals surface area (Å²) in [5.41, 5.74) is 1.21. The molecule has 2 aromatic heterocycles. The number of rotatable bonds is 1. The van der Waals surface area contributed by atoms with Gasteiger partial charge in [-0.3, -0.25) is 0 Å². The summed E-state index contributed by atoms with van der Waals surface area (Å²) < 4.78 is 2.28. The van der Waals surface area contributed by atoms with Gasteiger partial charge in [0.15, 0.2) is 11.0 Å². The zero-order valence-corrected chi connectivity index (χ0v) is 9.81. The van der Waals surface area contributed by atoms with Crippen molar-refractivity contribution in [2.45, 2.75) is 25.8 Å². The molecule has 0 N–H and O–H groups in total. The van der Waals surface area contributed by atoms with Crippen molar-refractivity contribution in [2.24, 2.45) is 0 Å². The highest BCUT2D eigenvalue weighted by Gasteiger charge is 2.19. The maximum Gasteiger partial charge on any atom is 0.152 e. The summed E-state index contributed by atoms with van der Waals surface area (Å²) in [5, 5.41) is 2.77. The van der Waals surface area contributed by atoms with E-state index in [1.165, 1.54) is 23.4 Å². The van der Waals surface area contributed by atoms with E-state index in [0.717, 1.165) is 18.8 Å². The second-order valence-electron chi connectivity index (χ2n) is 3.76. The van der Waals surface area contributed by atoms with Crippen LogP contribution in [0.1, 0.15) is 18.5 Å². The van der Waals surface area contributed by atoms with Crippen LogP contribution in [-0.2, 0) is 13.0 Å². The standard InChI is InChI=1S/C11H11ClN2S/c12-10-8-4-1-2-6-14(8)11(13-10)9-5-3-7-15-9/h3,5,7H,1-2,4,6H2. The van der Waals surface area contributed by atoms with Gasteiger partial charge in [0.25, 0.3) is 0 Å². The highest BCUT2D eigenvalue weighted by molar-refractivity contribution is 7.13. The molecule has 0 unspecified atom stereocenters. The molecule has 0 saturated carbocycles. The van der Waals surface area contributed by atoms with E-state index in [-0.39, 0.29) is 0 Å². The van der Waals surface area contributed by atoms with E-state index in [2.05, 4.69) is 27.1 Å². The lowest BCUT2D eigenvalue weighted by Gasteiger charge is -2.15. The molecule has 0 amide bonds. The van der Waals surface area contributed by atoms with Gasteiger partial charge in [-0.1, -0.05) is 17.7 Å². The first-order chi connectivity index (χ1) is 7.36. The Hall–Kier alpha value is -0.800. The first-order valence-corrected chi connectivity index (χ1v) is 6.41. The van der Waals surface area contributed by atoms with Gasteiger partial charge in [-0.05, 0) is 30.7 Å². The molecule has 0 radical (unpaired) electrons. The summed E-state index contributed by atoms with van der Waals surface area (Å²) in [6.07, 6.45) is 3.53. The van der Waals surface area contributed by atoms with Crippen molar-refractivity contribution in [1.29, 1.82) is 0 Å². The monoisotopic (exact) mass is 238 g/mol. The fourth-order valence-corrected chi connectivity index (χ4v) is 3.09. The molecule has 0 aromatic carbocycles. The molecule has 3 rings (SSSR count).